The first kappa shape index (κ1) is 19.3. The van der Waals surface area contributed by atoms with E-state index >= 15 is 0 Å². The van der Waals surface area contributed by atoms with E-state index in [1.165, 1.54) is 12.3 Å². The molecule has 1 aliphatic rings. The Hall–Kier alpha value is -3.03. The summed E-state index contributed by atoms with van der Waals surface area (Å²) in [6, 6.07) is 9.04. The van der Waals surface area contributed by atoms with Gasteiger partial charge in [-0.25, -0.2) is 18.9 Å². The highest BCUT2D eigenvalue weighted by Crippen LogP contribution is 2.23. The van der Waals surface area contributed by atoms with E-state index in [4.69, 9.17) is 0 Å². The van der Waals surface area contributed by atoms with Crippen LogP contribution in [0, 0.1) is 11.7 Å². The number of fused-ring (bicyclic) bond motifs is 1. The van der Waals surface area contributed by atoms with Crippen LogP contribution in [0.25, 0.3) is 5.65 Å². The summed E-state index contributed by atoms with van der Waals surface area (Å²) < 4.78 is 14.9. The Bertz CT molecular complexity index is 973. The van der Waals surface area contributed by atoms with Gasteiger partial charge in [-0.1, -0.05) is 6.07 Å². The van der Waals surface area contributed by atoms with Gasteiger partial charge in [0.1, 0.15) is 18.0 Å². The number of likely N-dealkylation sites (tertiary alicyclic amines) is 1. The number of hydrogen-bond acceptors (Lipinski definition) is 5. The lowest BCUT2D eigenvalue weighted by Crippen LogP contribution is -2.35. The number of rotatable bonds is 8. The Morgan fingerprint density at radius 1 is 1.24 bits per heavy atom. The lowest BCUT2D eigenvalue weighted by Gasteiger charge is -2.23. The van der Waals surface area contributed by atoms with Gasteiger partial charge in [-0.15, -0.1) is 0 Å². The molecular weight excluding hydrogens is 371 g/mol. The summed E-state index contributed by atoms with van der Waals surface area (Å²) in [7, 11) is 1.91. The number of carbonyl (C=O) groups excluding carboxylic acids is 1. The van der Waals surface area contributed by atoms with Crippen molar-refractivity contribution in [2.75, 3.05) is 31.6 Å². The molecule has 3 aromatic rings. The average Bonchev–Trinajstić information content (AvgIpc) is 3.34. The first-order valence-electron chi connectivity index (χ1n) is 10.0. The second-order valence-electron chi connectivity index (χ2n) is 7.51. The van der Waals surface area contributed by atoms with Crippen LogP contribution < -0.4 is 4.90 Å². The summed E-state index contributed by atoms with van der Waals surface area (Å²) in [5, 5.41) is 4.27. The van der Waals surface area contributed by atoms with Gasteiger partial charge in [0.05, 0.1) is 6.20 Å². The molecule has 0 aromatic carbocycles. The highest BCUT2D eigenvalue weighted by molar-refractivity contribution is 5.80. The topological polar surface area (TPSA) is 66.6 Å². The molecule has 0 radical (unpaired) electrons. The fraction of sp³-hybridized carbons (Fsp3) is 0.429. The van der Waals surface area contributed by atoms with E-state index in [0.717, 1.165) is 43.6 Å². The first-order chi connectivity index (χ1) is 14.1. The quantitative estimate of drug-likeness (QED) is 0.586. The number of amides is 1. The summed E-state index contributed by atoms with van der Waals surface area (Å²) in [6.45, 7) is 2.13. The maximum atomic E-state index is 13.0. The zero-order valence-corrected chi connectivity index (χ0v) is 16.5. The molecule has 1 saturated heterocycles. The van der Waals surface area contributed by atoms with Gasteiger partial charge in [0.15, 0.2) is 5.65 Å². The molecule has 0 N–H and O–H groups in total. The van der Waals surface area contributed by atoms with Crippen molar-refractivity contribution in [2.24, 2.45) is 5.92 Å². The van der Waals surface area contributed by atoms with Crippen molar-refractivity contribution in [1.82, 2.24) is 24.5 Å². The van der Waals surface area contributed by atoms with Crippen LogP contribution in [0.4, 0.5) is 10.2 Å². The number of pyridine rings is 2. The minimum absolute atomic E-state index is 0.0965. The molecule has 4 heterocycles. The van der Waals surface area contributed by atoms with Gasteiger partial charge in [-0.2, -0.15) is 5.10 Å². The summed E-state index contributed by atoms with van der Waals surface area (Å²) in [4.78, 5) is 24.9. The Morgan fingerprint density at radius 2 is 2.14 bits per heavy atom. The summed E-state index contributed by atoms with van der Waals surface area (Å²) in [5.41, 5.74) is 1.97. The summed E-state index contributed by atoms with van der Waals surface area (Å²) >= 11 is 0. The lowest BCUT2D eigenvalue weighted by molar-refractivity contribution is -0.131. The summed E-state index contributed by atoms with van der Waals surface area (Å²) in [6.07, 6.45) is 6.39. The molecule has 4 rings (SSSR count). The zero-order valence-electron chi connectivity index (χ0n) is 16.5. The van der Waals surface area contributed by atoms with Crippen molar-refractivity contribution >= 4 is 17.4 Å². The zero-order chi connectivity index (χ0) is 20.2. The van der Waals surface area contributed by atoms with Gasteiger partial charge < -0.3 is 9.80 Å². The van der Waals surface area contributed by atoms with Crippen LogP contribution in [0.15, 0.2) is 42.9 Å². The monoisotopic (exact) mass is 396 g/mol. The molecule has 152 valence electrons. The smallest absolute Gasteiger partial charge is 0.225 e. The Kier molecular flexibility index (Phi) is 5.69. The predicted octanol–water partition coefficient (Wildman–Crippen LogP) is 2.57. The van der Waals surface area contributed by atoms with E-state index in [9.17, 15) is 9.18 Å². The van der Waals surface area contributed by atoms with Crippen molar-refractivity contribution in [3.8, 4) is 0 Å². The SMILES string of the molecule is CN(CCN1CCC(CCCc2cccc3ncnn23)C1=O)c1ccc(F)cn1. The van der Waals surface area contributed by atoms with Crippen LogP contribution in [0.5, 0.6) is 0 Å². The van der Waals surface area contributed by atoms with Crippen molar-refractivity contribution in [3.63, 3.8) is 0 Å². The molecule has 7 nitrogen and oxygen atoms in total. The van der Waals surface area contributed by atoms with E-state index in [0.29, 0.717) is 18.9 Å². The lowest BCUT2D eigenvalue weighted by atomic mass is 10.00. The molecule has 0 spiro atoms. The Labute approximate surface area is 169 Å². The molecule has 1 unspecified atom stereocenters. The second-order valence-corrected chi connectivity index (χ2v) is 7.51. The van der Waals surface area contributed by atoms with Gasteiger partial charge in [-0.3, -0.25) is 4.79 Å². The predicted molar refractivity (Wildman–Crippen MR) is 108 cm³/mol. The number of nitrogens with zero attached hydrogens (tertiary/aromatic N) is 6. The molecule has 0 aliphatic carbocycles. The van der Waals surface area contributed by atoms with Gasteiger partial charge in [0.2, 0.25) is 5.91 Å². The molecular formula is C21H25FN6O. The van der Waals surface area contributed by atoms with E-state index in [1.54, 1.807) is 12.4 Å². The van der Waals surface area contributed by atoms with Gasteiger partial charge >= 0.3 is 0 Å². The number of anilines is 1. The summed E-state index contributed by atoms with van der Waals surface area (Å²) in [5.74, 6) is 0.695. The number of halogens is 1. The number of aromatic nitrogens is 4. The fourth-order valence-electron chi connectivity index (χ4n) is 3.89. The fourth-order valence-corrected chi connectivity index (χ4v) is 3.89. The van der Waals surface area contributed by atoms with Crippen molar-refractivity contribution in [3.05, 3.63) is 54.4 Å². The molecule has 1 amide bonds. The molecule has 1 aliphatic heterocycles. The highest BCUT2D eigenvalue weighted by Gasteiger charge is 2.30. The number of aryl methyl sites for hydroxylation is 1. The van der Waals surface area contributed by atoms with E-state index in [1.807, 2.05) is 33.5 Å². The molecule has 1 fully saturated rings. The average molecular weight is 396 g/mol. The minimum atomic E-state index is -0.347. The van der Waals surface area contributed by atoms with Crippen molar-refractivity contribution < 1.29 is 9.18 Å². The van der Waals surface area contributed by atoms with E-state index < -0.39 is 0 Å². The minimum Gasteiger partial charge on any atom is -0.358 e. The van der Waals surface area contributed by atoms with Crippen LogP contribution >= 0.6 is 0 Å². The van der Waals surface area contributed by atoms with Gasteiger partial charge in [0.25, 0.3) is 0 Å². The third-order valence-corrected chi connectivity index (χ3v) is 5.58. The Balaban J connectivity index is 1.24. The molecule has 1 atom stereocenters. The molecule has 3 aromatic heterocycles. The van der Waals surface area contributed by atoms with Crippen LogP contribution in [-0.2, 0) is 11.2 Å². The van der Waals surface area contributed by atoms with E-state index in [2.05, 4.69) is 21.1 Å². The highest BCUT2D eigenvalue weighted by atomic mass is 19.1. The number of carbonyl (C=O) groups is 1. The maximum absolute atomic E-state index is 13.0. The second kappa shape index (κ2) is 8.55. The van der Waals surface area contributed by atoms with Crippen LogP contribution in [0.1, 0.15) is 25.0 Å². The molecule has 8 heteroatoms. The standard InChI is InChI=1S/C21H25FN6O/c1-26(19-9-8-17(22)14-23-19)12-13-27-11-10-16(21(27)29)4-2-5-18-6-3-7-20-24-15-25-28(18)20/h3,6-9,14-16H,2,4-5,10-13H2,1H3. The van der Waals surface area contributed by atoms with E-state index in [-0.39, 0.29) is 17.6 Å². The van der Waals surface area contributed by atoms with Crippen LogP contribution in [0.3, 0.4) is 0 Å². The first-order valence-corrected chi connectivity index (χ1v) is 10.0. The third-order valence-electron chi connectivity index (χ3n) is 5.58. The van der Waals surface area contributed by atoms with Crippen LogP contribution in [-0.4, -0.2) is 57.1 Å². The molecule has 0 bridgehead atoms. The maximum Gasteiger partial charge on any atom is 0.225 e. The molecule has 0 saturated carbocycles. The van der Waals surface area contributed by atoms with Gasteiger partial charge in [0, 0.05) is 38.3 Å². The number of hydrogen-bond donors (Lipinski definition) is 0. The van der Waals surface area contributed by atoms with Gasteiger partial charge in [-0.05, 0) is 49.9 Å². The normalized spacial score (nSPS) is 16.7. The number of likely N-dealkylation sites (N-methyl/N-ethyl adjacent to an activating group) is 1. The van der Waals surface area contributed by atoms with Crippen molar-refractivity contribution in [2.45, 2.75) is 25.7 Å². The Morgan fingerprint density at radius 3 is 2.97 bits per heavy atom. The third kappa shape index (κ3) is 4.36. The molecule has 29 heavy (non-hydrogen) atoms. The van der Waals surface area contributed by atoms with Crippen molar-refractivity contribution in [1.29, 1.82) is 0 Å². The largest absolute Gasteiger partial charge is 0.358 e. The van der Waals surface area contributed by atoms with Crippen LogP contribution in [0.2, 0.25) is 0 Å².